The molecule has 0 bridgehead atoms. The summed E-state index contributed by atoms with van der Waals surface area (Å²) in [6.45, 7) is 0. The van der Waals surface area contributed by atoms with E-state index >= 15 is 0 Å². The molecule has 0 aliphatic rings. The fourth-order valence-corrected chi connectivity index (χ4v) is 2.71. The van der Waals surface area contributed by atoms with E-state index in [4.69, 9.17) is 23.2 Å². The van der Waals surface area contributed by atoms with Crippen LogP contribution in [-0.4, -0.2) is 10.9 Å². The Morgan fingerprint density at radius 1 is 1.00 bits per heavy atom. The molecule has 0 radical (unpaired) electrons. The van der Waals surface area contributed by atoms with E-state index in [-0.39, 0.29) is 0 Å². The van der Waals surface area contributed by atoms with E-state index in [2.05, 4.69) is 0 Å². The van der Waals surface area contributed by atoms with Crippen LogP contribution in [0.2, 0.25) is 10.0 Å². The summed E-state index contributed by atoms with van der Waals surface area (Å²) >= 11 is 13.3. The monoisotopic (exact) mass is 298 g/mol. The van der Waals surface area contributed by atoms with Gasteiger partial charge in [-0.2, -0.15) is 0 Å². The highest BCUT2D eigenvalue weighted by Gasteiger charge is 2.08. The molecule has 0 aromatic heterocycles. The first-order valence-corrected chi connectivity index (χ1v) is 7.21. The molecule has 0 saturated heterocycles. The first-order chi connectivity index (χ1) is 8.65. The Kier molecular flexibility index (Phi) is 4.95. The second-order valence-corrected chi connectivity index (χ2v) is 5.80. The number of aliphatic hydroxyl groups is 1. The zero-order valence-electron chi connectivity index (χ0n) is 9.51. The third kappa shape index (κ3) is 3.92. The van der Waals surface area contributed by atoms with Gasteiger partial charge in [-0.25, -0.2) is 0 Å². The number of thioether (sulfide) groups is 1. The largest absolute Gasteiger partial charge is 0.388 e. The molecule has 2 aromatic carbocycles. The van der Waals surface area contributed by atoms with Crippen LogP contribution in [0.1, 0.15) is 11.7 Å². The fourth-order valence-electron chi connectivity index (χ4n) is 1.52. The van der Waals surface area contributed by atoms with Crippen molar-refractivity contribution in [2.75, 3.05) is 5.75 Å². The summed E-state index contributed by atoms with van der Waals surface area (Å²) in [6.07, 6.45) is -0.524. The zero-order chi connectivity index (χ0) is 13.0. The van der Waals surface area contributed by atoms with Gasteiger partial charge in [-0.05, 0) is 42.0 Å². The van der Waals surface area contributed by atoms with Gasteiger partial charge in [-0.3, -0.25) is 0 Å². The Morgan fingerprint density at radius 3 is 2.39 bits per heavy atom. The van der Waals surface area contributed by atoms with Gasteiger partial charge >= 0.3 is 0 Å². The number of aliphatic hydroxyl groups excluding tert-OH is 1. The minimum Gasteiger partial charge on any atom is -0.388 e. The molecular weight excluding hydrogens is 287 g/mol. The lowest BCUT2D eigenvalue weighted by Gasteiger charge is -2.11. The van der Waals surface area contributed by atoms with Gasteiger partial charge in [0.15, 0.2) is 0 Å². The van der Waals surface area contributed by atoms with E-state index in [1.54, 1.807) is 23.9 Å². The Labute approximate surface area is 121 Å². The molecule has 2 rings (SSSR count). The third-order valence-electron chi connectivity index (χ3n) is 2.45. The molecule has 94 valence electrons. The number of halogens is 2. The van der Waals surface area contributed by atoms with Gasteiger partial charge in [0.25, 0.3) is 0 Å². The van der Waals surface area contributed by atoms with Gasteiger partial charge in [-0.1, -0.05) is 35.3 Å². The van der Waals surface area contributed by atoms with Crippen molar-refractivity contribution in [2.24, 2.45) is 0 Å². The van der Waals surface area contributed by atoms with Crippen molar-refractivity contribution in [3.63, 3.8) is 0 Å². The number of rotatable bonds is 4. The van der Waals surface area contributed by atoms with Gasteiger partial charge < -0.3 is 5.11 Å². The molecular formula is C14H12Cl2OS. The van der Waals surface area contributed by atoms with Crippen molar-refractivity contribution >= 4 is 35.0 Å². The molecule has 1 nitrogen and oxygen atoms in total. The first-order valence-electron chi connectivity index (χ1n) is 5.47. The maximum Gasteiger partial charge on any atom is 0.0884 e. The van der Waals surface area contributed by atoms with Gasteiger partial charge in [0.05, 0.1) is 6.10 Å². The van der Waals surface area contributed by atoms with Crippen LogP contribution in [0, 0.1) is 0 Å². The van der Waals surface area contributed by atoms with Crippen LogP contribution >= 0.6 is 35.0 Å². The molecule has 2 aromatic rings. The van der Waals surface area contributed by atoms with Crippen LogP contribution in [0.25, 0.3) is 0 Å². The van der Waals surface area contributed by atoms with Crippen molar-refractivity contribution in [3.8, 4) is 0 Å². The van der Waals surface area contributed by atoms with Gasteiger partial charge in [0.1, 0.15) is 0 Å². The lowest BCUT2D eigenvalue weighted by atomic mass is 10.1. The van der Waals surface area contributed by atoms with E-state index in [1.807, 2.05) is 36.4 Å². The minimum atomic E-state index is -0.524. The summed E-state index contributed by atoms with van der Waals surface area (Å²) < 4.78 is 0. The van der Waals surface area contributed by atoms with Crippen LogP contribution < -0.4 is 0 Å². The fraction of sp³-hybridized carbons (Fsp3) is 0.143. The molecule has 0 aliphatic carbocycles. The number of hydrogen-bond donors (Lipinski definition) is 1. The average Bonchev–Trinajstić information content (AvgIpc) is 2.38. The quantitative estimate of drug-likeness (QED) is 0.817. The highest BCUT2D eigenvalue weighted by Crippen LogP contribution is 2.26. The minimum absolute atomic E-state index is 0.524. The lowest BCUT2D eigenvalue weighted by Crippen LogP contribution is -2.00. The van der Waals surface area contributed by atoms with Crippen molar-refractivity contribution in [1.82, 2.24) is 0 Å². The second-order valence-electron chi connectivity index (χ2n) is 3.84. The van der Waals surface area contributed by atoms with Gasteiger partial charge in [-0.15, -0.1) is 11.8 Å². The molecule has 1 unspecified atom stereocenters. The summed E-state index contributed by atoms with van der Waals surface area (Å²) in [4.78, 5) is 1.08. The highest BCUT2D eigenvalue weighted by atomic mass is 35.5. The van der Waals surface area contributed by atoms with Gasteiger partial charge in [0, 0.05) is 20.7 Å². The summed E-state index contributed by atoms with van der Waals surface area (Å²) in [5.74, 6) is 0.585. The second kappa shape index (κ2) is 6.48. The van der Waals surface area contributed by atoms with Crippen LogP contribution in [0.5, 0.6) is 0 Å². The topological polar surface area (TPSA) is 20.2 Å². The number of benzene rings is 2. The van der Waals surface area contributed by atoms with Crippen molar-refractivity contribution < 1.29 is 5.11 Å². The van der Waals surface area contributed by atoms with E-state index in [0.717, 1.165) is 15.5 Å². The molecule has 1 N–H and O–H groups in total. The molecule has 0 saturated carbocycles. The summed E-state index contributed by atoms with van der Waals surface area (Å²) in [7, 11) is 0. The van der Waals surface area contributed by atoms with Crippen LogP contribution in [0.4, 0.5) is 0 Å². The van der Waals surface area contributed by atoms with E-state index in [9.17, 15) is 5.11 Å². The lowest BCUT2D eigenvalue weighted by molar-refractivity contribution is 0.204. The van der Waals surface area contributed by atoms with E-state index in [0.29, 0.717) is 10.8 Å². The van der Waals surface area contributed by atoms with Crippen LogP contribution in [0.15, 0.2) is 53.4 Å². The molecule has 18 heavy (non-hydrogen) atoms. The smallest absolute Gasteiger partial charge is 0.0884 e. The molecule has 0 fully saturated rings. The Morgan fingerprint density at radius 2 is 1.72 bits per heavy atom. The molecule has 0 amide bonds. The third-order valence-corrected chi connectivity index (χ3v) is 4.03. The normalized spacial score (nSPS) is 12.4. The summed E-state index contributed by atoms with van der Waals surface area (Å²) in [5, 5.41) is 11.4. The first kappa shape index (κ1) is 13.8. The highest BCUT2D eigenvalue weighted by molar-refractivity contribution is 7.99. The summed E-state index contributed by atoms with van der Waals surface area (Å²) in [6, 6.07) is 14.9. The Hall–Kier alpha value is -0.670. The predicted octanol–water partition coefficient (Wildman–Crippen LogP) is 4.82. The summed E-state index contributed by atoms with van der Waals surface area (Å²) in [5.41, 5.74) is 0.837. The van der Waals surface area contributed by atoms with Crippen molar-refractivity contribution in [3.05, 3.63) is 64.1 Å². The standard InChI is InChI=1S/C14H12Cl2OS/c15-11-4-6-13(7-5-11)18-9-14(17)10-2-1-3-12(16)8-10/h1-8,14,17H,9H2. The predicted molar refractivity (Wildman–Crippen MR) is 78.6 cm³/mol. The van der Waals surface area contributed by atoms with Crippen LogP contribution in [-0.2, 0) is 0 Å². The van der Waals surface area contributed by atoms with Crippen molar-refractivity contribution in [1.29, 1.82) is 0 Å². The van der Waals surface area contributed by atoms with E-state index in [1.165, 1.54) is 0 Å². The Balaban J connectivity index is 1.96. The molecule has 1 atom stereocenters. The van der Waals surface area contributed by atoms with Crippen LogP contribution in [0.3, 0.4) is 0 Å². The SMILES string of the molecule is OC(CSc1ccc(Cl)cc1)c1cccc(Cl)c1. The maximum atomic E-state index is 10.1. The molecule has 0 aliphatic heterocycles. The maximum absolute atomic E-state index is 10.1. The Bertz CT molecular complexity index is 513. The van der Waals surface area contributed by atoms with E-state index < -0.39 is 6.10 Å². The molecule has 0 spiro atoms. The molecule has 0 heterocycles. The number of hydrogen-bond acceptors (Lipinski definition) is 2. The zero-order valence-corrected chi connectivity index (χ0v) is 11.8. The van der Waals surface area contributed by atoms with Crippen molar-refractivity contribution in [2.45, 2.75) is 11.0 Å². The molecule has 4 heteroatoms. The average molecular weight is 299 g/mol. The van der Waals surface area contributed by atoms with Gasteiger partial charge in [0.2, 0.25) is 0 Å².